The molecule has 0 aliphatic carbocycles. The summed E-state index contributed by atoms with van der Waals surface area (Å²) in [7, 11) is 0. The van der Waals surface area contributed by atoms with Crippen LogP contribution in [-0.4, -0.2) is 47.5 Å². The first-order chi connectivity index (χ1) is 9.11. The van der Waals surface area contributed by atoms with Crippen LogP contribution in [0, 0.1) is 10.1 Å². The molecule has 1 aliphatic rings. The summed E-state index contributed by atoms with van der Waals surface area (Å²) in [5.74, 6) is 0.706. The van der Waals surface area contributed by atoms with Gasteiger partial charge in [0.1, 0.15) is 5.82 Å². The molecular formula is C12H19N5O2. The quantitative estimate of drug-likeness (QED) is 0.648. The molecule has 0 unspecified atom stereocenters. The van der Waals surface area contributed by atoms with Crippen molar-refractivity contribution in [3.8, 4) is 0 Å². The van der Waals surface area contributed by atoms with E-state index in [4.69, 9.17) is 5.73 Å². The Labute approximate surface area is 112 Å². The fraction of sp³-hybridized carbons (Fsp3) is 0.583. The standard InChI is InChI=1S/C12H19N5O2/c1-2-5-15-6-8-16(9-7-15)12-10(17(18)19)3-4-11(13)14-12/h3-4H,2,5-9H2,1H3,(H2,13,14). The number of hydrogen-bond acceptors (Lipinski definition) is 6. The molecule has 2 N–H and O–H groups in total. The number of nitrogen functional groups attached to an aromatic ring is 1. The lowest BCUT2D eigenvalue weighted by Gasteiger charge is -2.34. The number of nitrogens with two attached hydrogens (primary N) is 1. The highest BCUT2D eigenvalue weighted by molar-refractivity contribution is 5.61. The minimum Gasteiger partial charge on any atom is -0.384 e. The van der Waals surface area contributed by atoms with Crippen LogP contribution in [0.3, 0.4) is 0 Å². The number of piperazine rings is 1. The van der Waals surface area contributed by atoms with E-state index < -0.39 is 4.92 Å². The van der Waals surface area contributed by atoms with Crippen molar-refractivity contribution in [3.63, 3.8) is 0 Å². The van der Waals surface area contributed by atoms with E-state index >= 15 is 0 Å². The van der Waals surface area contributed by atoms with E-state index in [1.165, 1.54) is 12.1 Å². The minimum atomic E-state index is -0.403. The van der Waals surface area contributed by atoms with Crippen molar-refractivity contribution in [3.05, 3.63) is 22.2 Å². The van der Waals surface area contributed by atoms with Crippen LogP contribution in [0.25, 0.3) is 0 Å². The molecule has 0 spiro atoms. The van der Waals surface area contributed by atoms with Gasteiger partial charge in [0.05, 0.1) is 4.92 Å². The van der Waals surface area contributed by atoms with Crippen molar-refractivity contribution in [2.24, 2.45) is 0 Å². The monoisotopic (exact) mass is 265 g/mol. The van der Waals surface area contributed by atoms with E-state index in [9.17, 15) is 10.1 Å². The summed E-state index contributed by atoms with van der Waals surface area (Å²) in [6, 6.07) is 2.89. The van der Waals surface area contributed by atoms with Gasteiger partial charge in [-0.1, -0.05) is 6.92 Å². The summed E-state index contributed by atoms with van der Waals surface area (Å²) >= 11 is 0. The first-order valence-electron chi connectivity index (χ1n) is 6.50. The molecule has 2 rings (SSSR count). The molecule has 7 nitrogen and oxygen atoms in total. The topological polar surface area (TPSA) is 88.5 Å². The van der Waals surface area contributed by atoms with E-state index in [0.717, 1.165) is 39.1 Å². The zero-order valence-electron chi connectivity index (χ0n) is 11.1. The Kier molecular flexibility index (Phi) is 4.16. The Morgan fingerprint density at radius 3 is 2.63 bits per heavy atom. The number of aromatic nitrogens is 1. The van der Waals surface area contributed by atoms with Crippen LogP contribution < -0.4 is 10.6 Å². The normalized spacial score (nSPS) is 16.6. The second-order valence-corrected chi connectivity index (χ2v) is 4.66. The Balaban J connectivity index is 2.14. The SMILES string of the molecule is CCCN1CCN(c2nc(N)ccc2[N+](=O)[O-])CC1. The van der Waals surface area contributed by atoms with Crippen LogP contribution in [0.2, 0.25) is 0 Å². The van der Waals surface area contributed by atoms with Gasteiger partial charge in [0.15, 0.2) is 0 Å². The highest BCUT2D eigenvalue weighted by Gasteiger charge is 2.24. The van der Waals surface area contributed by atoms with Gasteiger partial charge in [-0.2, -0.15) is 0 Å². The summed E-state index contributed by atoms with van der Waals surface area (Å²) in [5, 5.41) is 11.0. The van der Waals surface area contributed by atoms with Crippen molar-refractivity contribution in [2.45, 2.75) is 13.3 Å². The molecule has 0 saturated carbocycles. The lowest BCUT2D eigenvalue weighted by atomic mass is 10.2. The predicted molar refractivity (Wildman–Crippen MR) is 74.2 cm³/mol. The molecule has 19 heavy (non-hydrogen) atoms. The number of pyridine rings is 1. The Morgan fingerprint density at radius 2 is 2.05 bits per heavy atom. The molecule has 104 valence electrons. The molecule has 0 amide bonds. The largest absolute Gasteiger partial charge is 0.384 e. The molecule has 1 fully saturated rings. The minimum absolute atomic E-state index is 0.0261. The molecule has 2 heterocycles. The van der Waals surface area contributed by atoms with E-state index in [2.05, 4.69) is 16.8 Å². The van der Waals surface area contributed by atoms with Gasteiger partial charge in [-0.25, -0.2) is 4.98 Å². The average molecular weight is 265 g/mol. The molecule has 0 radical (unpaired) electrons. The van der Waals surface area contributed by atoms with Gasteiger partial charge in [-0.3, -0.25) is 15.0 Å². The number of nitro groups is 1. The van der Waals surface area contributed by atoms with Gasteiger partial charge < -0.3 is 10.6 Å². The molecule has 0 aromatic carbocycles. The average Bonchev–Trinajstić information content (AvgIpc) is 2.39. The van der Waals surface area contributed by atoms with Crippen LogP contribution in [0.15, 0.2) is 12.1 Å². The maximum Gasteiger partial charge on any atom is 0.311 e. The van der Waals surface area contributed by atoms with Gasteiger partial charge in [0.25, 0.3) is 0 Å². The number of anilines is 2. The number of nitrogens with zero attached hydrogens (tertiary/aromatic N) is 4. The van der Waals surface area contributed by atoms with E-state index in [1.807, 2.05) is 4.90 Å². The van der Waals surface area contributed by atoms with Gasteiger partial charge in [-0.05, 0) is 19.0 Å². The predicted octanol–water partition coefficient (Wildman–Crippen LogP) is 1.10. The molecule has 1 saturated heterocycles. The van der Waals surface area contributed by atoms with Crippen LogP contribution >= 0.6 is 0 Å². The van der Waals surface area contributed by atoms with Crippen LogP contribution in [0.4, 0.5) is 17.3 Å². The Morgan fingerprint density at radius 1 is 1.37 bits per heavy atom. The highest BCUT2D eigenvalue weighted by Crippen LogP contribution is 2.27. The second kappa shape index (κ2) is 5.83. The van der Waals surface area contributed by atoms with Crippen LogP contribution in [0.1, 0.15) is 13.3 Å². The van der Waals surface area contributed by atoms with E-state index in [1.54, 1.807) is 0 Å². The van der Waals surface area contributed by atoms with Crippen molar-refractivity contribution < 1.29 is 4.92 Å². The van der Waals surface area contributed by atoms with Crippen molar-refractivity contribution >= 4 is 17.3 Å². The Bertz CT molecular complexity index is 457. The molecule has 0 bridgehead atoms. The van der Waals surface area contributed by atoms with Crippen molar-refractivity contribution in [1.82, 2.24) is 9.88 Å². The molecule has 7 heteroatoms. The molecule has 1 aliphatic heterocycles. The van der Waals surface area contributed by atoms with Gasteiger partial charge in [0, 0.05) is 32.2 Å². The van der Waals surface area contributed by atoms with Gasteiger partial charge in [-0.15, -0.1) is 0 Å². The van der Waals surface area contributed by atoms with Crippen LogP contribution in [0.5, 0.6) is 0 Å². The Hall–Kier alpha value is -1.89. The van der Waals surface area contributed by atoms with Gasteiger partial charge in [0.2, 0.25) is 5.82 Å². The maximum absolute atomic E-state index is 11.0. The summed E-state index contributed by atoms with van der Waals surface area (Å²) in [6.45, 7) is 6.52. The third kappa shape index (κ3) is 3.11. The fourth-order valence-corrected chi connectivity index (χ4v) is 2.33. The maximum atomic E-state index is 11.0. The van der Waals surface area contributed by atoms with E-state index in [-0.39, 0.29) is 5.69 Å². The first-order valence-corrected chi connectivity index (χ1v) is 6.50. The van der Waals surface area contributed by atoms with Gasteiger partial charge >= 0.3 is 5.69 Å². The molecule has 1 aromatic heterocycles. The zero-order valence-corrected chi connectivity index (χ0v) is 11.1. The smallest absolute Gasteiger partial charge is 0.311 e. The van der Waals surface area contributed by atoms with Crippen molar-refractivity contribution in [1.29, 1.82) is 0 Å². The molecule has 1 aromatic rings. The zero-order chi connectivity index (χ0) is 13.8. The number of rotatable bonds is 4. The van der Waals surface area contributed by atoms with E-state index in [0.29, 0.717) is 11.6 Å². The lowest BCUT2D eigenvalue weighted by Crippen LogP contribution is -2.47. The molecule has 0 atom stereocenters. The third-order valence-corrected chi connectivity index (χ3v) is 3.28. The fourth-order valence-electron chi connectivity index (χ4n) is 2.33. The second-order valence-electron chi connectivity index (χ2n) is 4.66. The number of hydrogen-bond donors (Lipinski definition) is 1. The summed E-state index contributed by atoms with van der Waals surface area (Å²) in [5.41, 5.74) is 5.66. The summed E-state index contributed by atoms with van der Waals surface area (Å²) in [4.78, 5) is 19.1. The molecular weight excluding hydrogens is 246 g/mol. The third-order valence-electron chi connectivity index (χ3n) is 3.28. The first kappa shape index (κ1) is 13.5. The van der Waals surface area contributed by atoms with Crippen molar-refractivity contribution in [2.75, 3.05) is 43.4 Å². The lowest BCUT2D eigenvalue weighted by molar-refractivity contribution is -0.384. The highest BCUT2D eigenvalue weighted by atomic mass is 16.6. The summed E-state index contributed by atoms with van der Waals surface area (Å²) < 4.78 is 0. The summed E-state index contributed by atoms with van der Waals surface area (Å²) in [6.07, 6.45) is 1.12. The van der Waals surface area contributed by atoms with Crippen LogP contribution in [-0.2, 0) is 0 Å².